The summed E-state index contributed by atoms with van der Waals surface area (Å²) in [6, 6.07) is -1.56. The zero-order valence-electron chi connectivity index (χ0n) is 31.8. The van der Waals surface area contributed by atoms with Crippen molar-refractivity contribution in [1.29, 1.82) is 0 Å². The Kier molecular flexibility index (Phi) is 33.3. The molecule has 11 nitrogen and oxygen atoms in total. The van der Waals surface area contributed by atoms with Crippen LogP contribution in [0.3, 0.4) is 0 Å². The smallest absolute Gasteiger partial charge is 0.472 e. The number of aliphatic hydroxyl groups is 1. The Balaban J connectivity index is 4.00. The van der Waals surface area contributed by atoms with Crippen molar-refractivity contribution in [1.82, 2.24) is 5.32 Å². The largest absolute Gasteiger partial charge is 0.480 e. The van der Waals surface area contributed by atoms with Gasteiger partial charge in [0.05, 0.1) is 13.2 Å². The number of amides is 1. The van der Waals surface area contributed by atoms with Crippen molar-refractivity contribution in [2.24, 2.45) is 0 Å². The lowest BCUT2D eigenvalue weighted by Gasteiger charge is -2.18. The van der Waals surface area contributed by atoms with Crippen molar-refractivity contribution < 1.29 is 47.8 Å². The number of hydrogen-bond acceptors (Lipinski definition) is 8. The summed E-state index contributed by atoms with van der Waals surface area (Å²) in [6.45, 7) is 2.35. The molecule has 0 aliphatic carbocycles. The van der Waals surface area contributed by atoms with E-state index in [4.69, 9.17) is 13.8 Å². The van der Waals surface area contributed by atoms with E-state index in [0.717, 1.165) is 103 Å². The molecule has 4 N–H and O–H groups in total. The first-order valence-electron chi connectivity index (χ1n) is 19.3. The van der Waals surface area contributed by atoms with Crippen molar-refractivity contribution in [3.63, 3.8) is 0 Å². The number of esters is 1. The number of rotatable bonds is 35. The Morgan fingerprint density at radius 3 is 1.67 bits per heavy atom. The number of carboxylic acids is 1. The summed E-state index contributed by atoms with van der Waals surface area (Å²) in [7, 11) is -4.76. The lowest BCUT2D eigenvalue weighted by molar-refractivity contribution is -0.147. The number of ether oxygens (including phenoxy) is 1. The molecule has 3 unspecified atom stereocenters. The maximum atomic E-state index is 12.2. The van der Waals surface area contributed by atoms with Crippen molar-refractivity contribution in [3.05, 3.63) is 60.8 Å². The molecule has 52 heavy (non-hydrogen) atoms. The van der Waals surface area contributed by atoms with E-state index in [9.17, 15) is 34.1 Å². The fraction of sp³-hybridized carbons (Fsp3) is 0.675. The van der Waals surface area contributed by atoms with E-state index in [0.29, 0.717) is 12.8 Å². The number of carbonyl (C=O) groups is 3. The average Bonchev–Trinajstić information content (AvgIpc) is 3.11. The minimum Gasteiger partial charge on any atom is -0.480 e. The summed E-state index contributed by atoms with van der Waals surface area (Å²) < 4.78 is 26.7. The molecule has 0 aliphatic heterocycles. The van der Waals surface area contributed by atoms with Gasteiger partial charge in [-0.05, 0) is 70.6 Å². The third-order valence-corrected chi connectivity index (χ3v) is 8.72. The number of nitrogens with one attached hydrogen (secondary N) is 1. The molecule has 0 rings (SSSR count). The van der Waals surface area contributed by atoms with Crippen molar-refractivity contribution in [2.45, 2.75) is 154 Å². The van der Waals surface area contributed by atoms with Gasteiger partial charge in [0, 0.05) is 12.8 Å². The Bertz CT molecular complexity index is 1120. The Morgan fingerprint density at radius 2 is 1.12 bits per heavy atom. The SMILES string of the molecule is CC/C=C\C/C=C\C/C=C\CCCCCCCC(=O)OCC(O)COP(=O)(O)OCC(NC(=O)CCCCCCC/C=C\C/C=C\CCC)C(=O)O. The van der Waals surface area contributed by atoms with Crippen molar-refractivity contribution in [2.75, 3.05) is 19.8 Å². The van der Waals surface area contributed by atoms with Crippen LogP contribution in [0, 0.1) is 0 Å². The molecule has 1 amide bonds. The van der Waals surface area contributed by atoms with Crippen LogP contribution in [0.25, 0.3) is 0 Å². The first-order valence-corrected chi connectivity index (χ1v) is 20.8. The summed E-state index contributed by atoms with van der Waals surface area (Å²) in [5.74, 6) is -2.42. The first-order chi connectivity index (χ1) is 25.1. The summed E-state index contributed by atoms with van der Waals surface area (Å²) in [5.41, 5.74) is 0. The predicted molar refractivity (Wildman–Crippen MR) is 208 cm³/mol. The molecule has 0 spiro atoms. The van der Waals surface area contributed by atoms with E-state index in [-0.39, 0.29) is 12.8 Å². The van der Waals surface area contributed by atoms with Gasteiger partial charge in [-0.15, -0.1) is 0 Å². The minimum absolute atomic E-state index is 0.125. The van der Waals surface area contributed by atoms with Gasteiger partial charge in [-0.25, -0.2) is 9.36 Å². The van der Waals surface area contributed by atoms with Crippen LogP contribution < -0.4 is 5.32 Å². The molecule has 0 radical (unpaired) electrons. The number of unbranched alkanes of at least 4 members (excludes halogenated alkanes) is 11. The van der Waals surface area contributed by atoms with Crippen LogP contribution in [-0.4, -0.2) is 64.9 Å². The van der Waals surface area contributed by atoms with Crippen LogP contribution in [0.15, 0.2) is 60.8 Å². The molecule has 3 atom stereocenters. The molecule has 0 aliphatic rings. The maximum absolute atomic E-state index is 12.2. The summed E-state index contributed by atoms with van der Waals surface area (Å²) >= 11 is 0. The third-order valence-electron chi connectivity index (χ3n) is 7.77. The predicted octanol–water partition coefficient (Wildman–Crippen LogP) is 9.22. The van der Waals surface area contributed by atoms with Gasteiger partial charge in [0.15, 0.2) is 6.04 Å². The Hall–Kier alpha value is -2.82. The number of aliphatic carboxylic acids is 1. The van der Waals surface area contributed by atoms with E-state index in [1.165, 1.54) is 0 Å². The summed E-state index contributed by atoms with van der Waals surface area (Å²) in [5, 5.41) is 21.7. The molecule has 0 fully saturated rings. The first kappa shape index (κ1) is 49.2. The number of carbonyl (C=O) groups excluding carboxylic acids is 2. The molecule has 0 aromatic heterocycles. The van der Waals surface area contributed by atoms with Gasteiger partial charge < -0.3 is 25.2 Å². The number of allylic oxidation sites excluding steroid dienone is 10. The van der Waals surface area contributed by atoms with Gasteiger partial charge in [-0.1, -0.05) is 120 Å². The number of hydrogen-bond donors (Lipinski definition) is 4. The lowest BCUT2D eigenvalue weighted by Crippen LogP contribution is -2.43. The van der Waals surface area contributed by atoms with Gasteiger partial charge in [0.25, 0.3) is 0 Å². The number of carboxylic acid groups (broad SMARTS) is 1. The van der Waals surface area contributed by atoms with Crippen LogP contribution >= 0.6 is 7.82 Å². The molecule has 0 aromatic carbocycles. The number of aliphatic hydroxyl groups excluding tert-OH is 1. The molecular weight excluding hydrogens is 685 g/mol. The van der Waals surface area contributed by atoms with E-state index in [2.05, 4.69) is 79.9 Å². The number of phosphoric acid groups is 1. The second kappa shape index (κ2) is 35.2. The van der Waals surface area contributed by atoms with Gasteiger partial charge in [-0.3, -0.25) is 18.6 Å². The van der Waals surface area contributed by atoms with Gasteiger partial charge in [0.2, 0.25) is 5.91 Å². The van der Waals surface area contributed by atoms with Crippen molar-refractivity contribution >= 4 is 25.7 Å². The molecule has 0 bridgehead atoms. The second-order valence-electron chi connectivity index (χ2n) is 12.7. The lowest BCUT2D eigenvalue weighted by atomic mass is 10.1. The topological polar surface area (TPSA) is 169 Å². The summed E-state index contributed by atoms with van der Waals surface area (Å²) in [4.78, 5) is 45.7. The molecule has 0 aromatic rings. The van der Waals surface area contributed by atoms with Crippen LogP contribution in [-0.2, 0) is 32.7 Å². The van der Waals surface area contributed by atoms with Crippen LogP contribution in [0.5, 0.6) is 0 Å². The third kappa shape index (κ3) is 34.3. The van der Waals surface area contributed by atoms with Crippen LogP contribution in [0.4, 0.5) is 0 Å². The van der Waals surface area contributed by atoms with Crippen LogP contribution in [0.1, 0.15) is 142 Å². The highest BCUT2D eigenvalue weighted by Gasteiger charge is 2.28. The monoisotopic (exact) mass is 753 g/mol. The molecule has 298 valence electrons. The van der Waals surface area contributed by atoms with Gasteiger partial charge >= 0.3 is 19.8 Å². The zero-order chi connectivity index (χ0) is 38.5. The average molecular weight is 754 g/mol. The van der Waals surface area contributed by atoms with E-state index >= 15 is 0 Å². The maximum Gasteiger partial charge on any atom is 0.472 e. The molecule has 0 saturated heterocycles. The van der Waals surface area contributed by atoms with Crippen LogP contribution in [0.2, 0.25) is 0 Å². The highest BCUT2D eigenvalue weighted by Crippen LogP contribution is 2.43. The standard InChI is InChI=1S/C40H68NO10P/c1-3-5-7-9-11-13-15-17-18-20-22-24-26-28-30-32-39(44)49-33-36(42)34-50-52(47,48)51-35-37(40(45)46)41-38(43)31-29-27-25-23-21-19-16-14-12-10-8-6-4-2/h5,7-8,10-11,13-14,16-18,36-37,42H,3-4,6,9,12,15,19-35H2,1-2H3,(H,41,43)(H,45,46)(H,47,48)/b7-5-,10-8-,13-11-,16-14-,18-17-. The molecule has 0 saturated carbocycles. The normalized spacial score (nSPS) is 14.5. The fourth-order valence-electron chi connectivity index (χ4n) is 4.78. The molecular formula is C40H68NO10P. The second-order valence-corrected chi connectivity index (χ2v) is 14.2. The van der Waals surface area contributed by atoms with Gasteiger partial charge in [0.1, 0.15) is 12.7 Å². The highest BCUT2D eigenvalue weighted by atomic mass is 31.2. The van der Waals surface area contributed by atoms with Gasteiger partial charge in [-0.2, -0.15) is 0 Å². The highest BCUT2D eigenvalue weighted by molar-refractivity contribution is 7.47. The van der Waals surface area contributed by atoms with E-state index < -0.39 is 57.6 Å². The molecule has 0 heterocycles. The van der Waals surface area contributed by atoms with E-state index in [1.54, 1.807) is 0 Å². The Labute approximate surface area is 313 Å². The van der Waals surface area contributed by atoms with E-state index in [1.807, 2.05) is 0 Å². The summed E-state index contributed by atoms with van der Waals surface area (Å²) in [6.07, 6.45) is 38.2. The fourth-order valence-corrected chi connectivity index (χ4v) is 5.55. The van der Waals surface area contributed by atoms with Crippen molar-refractivity contribution in [3.8, 4) is 0 Å². The Morgan fingerprint density at radius 1 is 0.635 bits per heavy atom. The zero-order valence-corrected chi connectivity index (χ0v) is 32.7. The number of phosphoric ester groups is 1. The minimum atomic E-state index is -4.76. The molecule has 12 heteroatoms. The quantitative estimate of drug-likeness (QED) is 0.0212.